The summed E-state index contributed by atoms with van der Waals surface area (Å²) < 4.78 is 26.1. The lowest BCUT2D eigenvalue weighted by Crippen LogP contribution is -2.48. The van der Waals surface area contributed by atoms with E-state index in [4.69, 9.17) is 11.6 Å². The summed E-state index contributed by atoms with van der Waals surface area (Å²) in [5.41, 5.74) is 3.30. The maximum Gasteiger partial charge on any atom is 0.244 e. The Labute approximate surface area is 172 Å². The quantitative estimate of drug-likeness (QED) is 0.725. The molecule has 0 bridgehead atoms. The molecule has 0 radical (unpaired) electrons. The summed E-state index contributed by atoms with van der Waals surface area (Å²) in [6.07, 6.45) is 2.03. The third-order valence-corrected chi connectivity index (χ3v) is 6.21. The SMILES string of the molecule is CCc1ccc([C@@H](C)NC(=O)[C@@H](C)N(c2cc(Cl)ccc2C)S(C)(=O)=O)cc1. The largest absolute Gasteiger partial charge is 0.348 e. The second-order valence-electron chi connectivity index (χ2n) is 6.99. The van der Waals surface area contributed by atoms with Crippen LogP contribution in [0.15, 0.2) is 42.5 Å². The first-order chi connectivity index (χ1) is 13.0. The van der Waals surface area contributed by atoms with E-state index in [1.165, 1.54) is 5.56 Å². The molecular formula is C21H27ClN2O3S. The maximum atomic E-state index is 12.9. The summed E-state index contributed by atoms with van der Waals surface area (Å²) in [6, 6.07) is 11.8. The molecular weight excluding hydrogens is 396 g/mol. The Morgan fingerprint density at radius 2 is 1.75 bits per heavy atom. The first-order valence-corrected chi connectivity index (χ1v) is 11.4. The molecule has 0 saturated carbocycles. The van der Waals surface area contributed by atoms with Crippen LogP contribution in [0.2, 0.25) is 5.02 Å². The molecule has 0 unspecified atom stereocenters. The van der Waals surface area contributed by atoms with Gasteiger partial charge in [-0.1, -0.05) is 48.9 Å². The summed E-state index contributed by atoms with van der Waals surface area (Å²) in [5, 5.41) is 3.32. The van der Waals surface area contributed by atoms with E-state index in [2.05, 4.69) is 12.2 Å². The fourth-order valence-electron chi connectivity index (χ4n) is 3.06. The molecule has 2 atom stereocenters. The van der Waals surface area contributed by atoms with Crippen LogP contribution in [0.25, 0.3) is 0 Å². The summed E-state index contributed by atoms with van der Waals surface area (Å²) in [6.45, 7) is 7.32. The highest BCUT2D eigenvalue weighted by atomic mass is 35.5. The number of nitrogens with zero attached hydrogens (tertiary/aromatic N) is 1. The summed E-state index contributed by atoms with van der Waals surface area (Å²) in [4.78, 5) is 12.9. The molecule has 1 N–H and O–H groups in total. The second kappa shape index (κ2) is 8.97. The van der Waals surface area contributed by atoms with Gasteiger partial charge < -0.3 is 5.32 Å². The standard InChI is InChI=1S/C21H27ClN2O3S/c1-6-17-8-10-18(11-9-17)15(3)23-21(25)16(4)24(28(5,26)27)20-13-19(22)12-7-14(20)2/h7-13,15-16H,6H2,1-5H3,(H,23,25)/t15-,16-/m1/s1. The van der Waals surface area contributed by atoms with Crippen molar-refractivity contribution in [1.82, 2.24) is 5.32 Å². The van der Waals surface area contributed by atoms with Crippen LogP contribution in [0.5, 0.6) is 0 Å². The van der Waals surface area contributed by atoms with Gasteiger partial charge in [-0.15, -0.1) is 0 Å². The Bertz CT molecular complexity index is 943. The lowest BCUT2D eigenvalue weighted by molar-refractivity contribution is -0.122. The minimum atomic E-state index is -3.70. The van der Waals surface area contributed by atoms with E-state index in [9.17, 15) is 13.2 Å². The molecule has 5 nitrogen and oxygen atoms in total. The topological polar surface area (TPSA) is 66.5 Å². The molecule has 0 fully saturated rings. The van der Waals surface area contributed by atoms with Gasteiger partial charge in [-0.05, 0) is 56.0 Å². The number of hydrogen-bond acceptors (Lipinski definition) is 3. The zero-order valence-electron chi connectivity index (χ0n) is 16.9. The van der Waals surface area contributed by atoms with Gasteiger partial charge in [-0.25, -0.2) is 8.42 Å². The van der Waals surface area contributed by atoms with Gasteiger partial charge in [0.15, 0.2) is 0 Å². The van der Waals surface area contributed by atoms with Gasteiger partial charge in [0.2, 0.25) is 15.9 Å². The average Bonchev–Trinajstić information content (AvgIpc) is 2.63. The first-order valence-electron chi connectivity index (χ1n) is 9.19. The third kappa shape index (κ3) is 5.26. The summed E-state index contributed by atoms with van der Waals surface area (Å²) in [7, 11) is -3.70. The molecule has 2 rings (SSSR count). The van der Waals surface area contributed by atoms with Gasteiger partial charge >= 0.3 is 0 Å². The highest BCUT2D eigenvalue weighted by Gasteiger charge is 2.31. The van der Waals surface area contributed by atoms with E-state index in [1.54, 1.807) is 32.0 Å². The molecule has 152 valence electrons. The van der Waals surface area contributed by atoms with Gasteiger partial charge in [0, 0.05) is 5.02 Å². The van der Waals surface area contributed by atoms with E-state index < -0.39 is 16.1 Å². The smallest absolute Gasteiger partial charge is 0.244 e. The van der Waals surface area contributed by atoms with Crippen molar-refractivity contribution >= 4 is 33.2 Å². The number of rotatable bonds is 7. The van der Waals surface area contributed by atoms with E-state index in [0.29, 0.717) is 10.7 Å². The van der Waals surface area contributed by atoms with Crippen molar-refractivity contribution in [3.05, 3.63) is 64.2 Å². The summed E-state index contributed by atoms with van der Waals surface area (Å²) >= 11 is 6.06. The number of nitrogens with one attached hydrogen (secondary N) is 1. The first kappa shape index (κ1) is 22.2. The van der Waals surface area contributed by atoms with Crippen molar-refractivity contribution in [1.29, 1.82) is 0 Å². The Hall–Kier alpha value is -2.05. The number of anilines is 1. The van der Waals surface area contributed by atoms with Crippen molar-refractivity contribution in [3.63, 3.8) is 0 Å². The van der Waals surface area contributed by atoms with Crippen LogP contribution < -0.4 is 9.62 Å². The molecule has 0 spiro atoms. The number of aryl methyl sites for hydroxylation is 2. The van der Waals surface area contributed by atoms with E-state index in [1.807, 2.05) is 31.2 Å². The molecule has 2 aromatic rings. The van der Waals surface area contributed by atoms with Crippen LogP contribution in [-0.4, -0.2) is 26.6 Å². The van der Waals surface area contributed by atoms with E-state index in [0.717, 1.165) is 28.1 Å². The fourth-order valence-corrected chi connectivity index (χ4v) is 4.45. The van der Waals surface area contributed by atoms with E-state index >= 15 is 0 Å². The highest BCUT2D eigenvalue weighted by Crippen LogP contribution is 2.28. The zero-order chi connectivity index (χ0) is 21.1. The number of halogens is 1. The normalized spacial score (nSPS) is 13.6. The highest BCUT2D eigenvalue weighted by molar-refractivity contribution is 7.92. The Morgan fingerprint density at radius 1 is 1.14 bits per heavy atom. The minimum absolute atomic E-state index is 0.247. The summed E-state index contributed by atoms with van der Waals surface area (Å²) in [5.74, 6) is -0.378. The monoisotopic (exact) mass is 422 g/mol. The van der Waals surface area contributed by atoms with Gasteiger partial charge in [-0.2, -0.15) is 0 Å². The van der Waals surface area contributed by atoms with Crippen LogP contribution in [0.1, 0.15) is 43.5 Å². The lowest BCUT2D eigenvalue weighted by atomic mass is 10.0. The van der Waals surface area contributed by atoms with Crippen LogP contribution in [0.4, 0.5) is 5.69 Å². The number of hydrogen-bond donors (Lipinski definition) is 1. The van der Waals surface area contributed by atoms with Crippen molar-refractivity contribution < 1.29 is 13.2 Å². The fraction of sp³-hybridized carbons (Fsp3) is 0.381. The van der Waals surface area contributed by atoms with Gasteiger partial charge in [0.25, 0.3) is 0 Å². The zero-order valence-corrected chi connectivity index (χ0v) is 18.4. The van der Waals surface area contributed by atoms with Crippen LogP contribution in [-0.2, 0) is 21.2 Å². The number of sulfonamides is 1. The Balaban J connectivity index is 2.27. The molecule has 2 aromatic carbocycles. The van der Waals surface area contributed by atoms with Crippen molar-refractivity contribution in [2.24, 2.45) is 0 Å². The van der Waals surface area contributed by atoms with Crippen LogP contribution in [0, 0.1) is 6.92 Å². The molecule has 0 aliphatic carbocycles. The van der Waals surface area contributed by atoms with Crippen molar-refractivity contribution in [3.8, 4) is 0 Å². The van der Waals surface area contributed by atoms with Crippen molar-refractivity contribution in [2.45, 2.75) is 46.2 Å². The lowest BCUT2D eigenvalue weighted by Gasteiger charge is -2.30. The number of benzene rings is 2. The molecule has 0 heterocycles. The average molecular weight is 423 g/mol. The van der Waals surface area contributed by atoms with Gasteiger partial charge in [0.1, 0.15) is 6.04 Å². The Kier molecular flexibility index (Phi) is 7.12. The van der Waals surface area contributed by atoms with Crippen LogP contribution >= 0.6 is 11.6 Å². The molecule has 0 aliphatic heterocycles. The molecule has 0 aliphatic rings. The number of amides is 1. The minimum Gasteiger partial charge on any atom is -0.348 e. The molecule has 1 amide bonds. The van der Waals surface area contributed by atoms with Crippen LogP contribution in [0.3, 0.4) is 0 Å². The predicted octanol–water partition coefficient (Wildman–Crippen LogP) is 4.24. The van der Waals surface area contributed by atoms with Gasteiger partial charge in [-0.3, -0.25) is 9.10 Å². The molecule has 0 aromatic heterocycles. The molecule has 7 heteroatoms. The predicted molar refractivity (Wildman–Crippen MR) is 115 cm³/mol. The maximum absolute atomic E-state index is 12.9. The second-order valence-corrected chi connectivity index (χ2v) is 9.29. The number of carbonyl (C=O) groups is 1. The molecule has 28 heavy (non-hydrogen) atoms. The Morgan fingerprint density at radius 3 is 2.29 bits per heavy atom. The van der Waals surface area contributed by atoms with Gasteiger partial charge in [0.05, 0.1) is 18.0 Å². The number of carbonyl (C=O) groups excluding carboxylic acids is 1. The molecule has 0 saturated heterocycles. The third-order valence-electron chi connectivity index (χ3n) is 4.74. The van der Waals surface area contributed by atoms with Crippen molar-refractivity contribution in [2.75, 3.05) is 10.6 Å². The van der Waals surface area contributed by atoms with E-state index in [-0.39, 0.29) is 11.9 Å².